The minimum absolute atomic E-state index is 0.133. The van der Waals surface area contributed by atoms with Gasteiger partial charge in [0.25, 0.3) is 0 Å². The molecule has 6 nitrogen and oxygen atoms in total. The van der Waals surface area contributed by atoms with Gasteiger partial charge < -0.3 is 14.2 Å². The number of likely N-dealkylation sites (tertiary alicyclic amines) is 1. The van der Waals surface area contributed by atoms with Crippen LogP contribution in [-0.4, -0.2) is 51.8 Å². The summed E-state index contributed by atoms with van der Waals surface area (Å²) in [5.41, 5.74) is 0.492. The van der Waals surface area contributed by atoms with Gasteiger partial charge in [-0.1, -0.05) is 19.0 Å². The Balaban J connectivity index is 1.58. The van der Waals surface area contributed by atoms with Crippen molar-refractivity contribution in [2.75, 3.05) is 13.2 Å². The van der Waals surface area contributed by atoms with Gasteiger partial charge in [-0.2, -0.15) is 0 Å². The van der Waals surface area contributed by atoms with Crippen molar-refractivity contribution in [2.45, 2.75) is 58.0 Å². The molecule has 0 unspecified atom stereocenters. The van der Waals surface area contributed by atoms with Crippen LogP contribution in [-0.2, 0) is 16.1 Å². The molecule has 0 radical (unpaired) electrons. The number of nitrogens with zero attached hydrogens (tertiary/aromatic N) is 3. The molecule has 1 amide bonds. The Bertz CT molecular complexity index is 599. The summed E-state index contributed by atoms with van der Waals surface area (Å²) in [6.07, 6.45) is 1.44. The van der Waals surface area contributed by atoms with Crippen LogP contribution in [0.4, 0.5) is 0 Å². The molecule has 1 spiro atoms. The molecule has 0 N–H and O–H groups in total. The standard InChI is InChI=1S/C16H23N3O3/c1-10(2)13-9-21-16-4-5-18(8-12-6-11(3)17-22-12)14(16)7-15(20)19(13)16/h6,10,13-14H,4-5,7-9H2,1-3H3/t13-,14+,16-/m0/s1. The zero-order valence-corrected chi connectivity index (χ0v) is 13.4. The molecule has 22 heavy (non-hydrogen) atoms. The molecule has 3 saturated heterocycles. The van der Waals surface area contributed by atoms with Gasteiger partial charge in [-0.05, 0) is 12.8 Å². The first kappa shape index (κ1) is 14.2. The van der Waals surface area contributed by atoms with E-state index in [9.17, 15) is 4.79 Å². The van der Waals surface area contributed by atoms with Crippen LogP contribution < -0.4 is 0 Å². The Morgan fingerprint density at radius 3 is 3.00 bits per heavy atom. The van der Waals surface area contributed by atoms with E-state index in [-0.39, 0.29) is 18.0 Å². The maximum absolute atomic E-state index is 12.6. The number of amides is 1. The molecular weight excluding hydrogens is 282 g/mol. The fraction of sp³-hybridized carbons (Fsp3) is 0.750. The quantitative estimate of drug-likeness (QED) is 0.848. The van der Waals surface area contributed by atoms with E-state index in [1.54, 1.807) is 0 Å². The van der Waals surface area contributed by atoms with Gasteiger partial charge in [-0.15, -0.1) is 0 Å². The average Bonchev–Trinajstić information content (AvgIpc) is 3.16. The van der Waals surface area contributed by atoms with E-state index in [0.29, 0.717) is 25.5 Å². The Hall–Kier alpha value is -1.40. The summed E-state index contributed by atoms with van der Waals surface area (Å²) in [5, 5.41) is 3.95. The van der Waals surface area contributed by atoms with Gasteiger partial charge in [0.05, 0.1) is 30.9 Å². The highest BCUT2D eigenvalue weighted by molar-refractivity contribution is 5.82. The van der Waals surface area contributed by atoms with E-state index >= 15 is 0 Å². The molecule has 6 heteroatoms. The smallest absolute Gasteiger partial charge is 0.226 e. The third kappa shape index (κ3) is 1.86. The molecule has 4 rings (SSSR count). The van der Waals surface area contributed by atoms with Crippen molar-refractivity contribution in [3.8, 4) is 0 Å². The van der Waals surface area contributed by atoms with E-state index in [4.69, 9.17) is 9.26 Å². The molecular formula is C16H23N3O3. The number of carbonyl (C=O) groups excluding carboxylic acids is 1. The summed E-state index contributed by atoms with van der Waals surface area (Å²) in [4.78, 5) is 16.9. The summed E-state index contributed by atoms with van der Waals surface area (Å²) in [5.74, 6) is 1.52. The lowest BCUT2D eigenvalue weighted by atomic mass is 10.0. The van der Waals surface area contributed by atoms with Crippen LogP contribution in [0, 0.1) is 12.8 Å². The molecule has 0 bridgehead atoms. The number of hydrogen-bond donors (Lipinski definition) is 0. The normalized spacial score (nSPS) is 34.7. The second kappa shape index (κ2) is 4.80. The highest BCUT2D eigenvalue weighted by Gasteiger charge is 2.64. The third-order valence-corrected chi connectivity index (χ3v) is 5.40. The molecule has 3 fully saturated rings. The van der Waals surface area contributed by atoms with Crippen LogP contribution >= 0.6 is 0 Å². The van der Waals surface area contributed by atoms with Crippen LogP contribution in [0.25, 0.3) is 0 Å². The number of aryl methyl sites for hydroxylation is 1. The first-order chi connectivity index (χ1) is 10.5. The molecule has 3 aliphatic heterocycles. The van der Waals surface area contributed by atoms with Crippen molar-refractivity contribution in [2.24, 2.45) is 5.92 Å². The SMILES string of the molecule is Cc1cc(CN2CC[C@@]34OC[C@@H](C(C)C)N3C(=O)C[C@@H]24)on1. The lowest BCUT2D eigenvalue weighted by Crippen LogP contribution is -2.50. The van der Waals surface area contributed by atoms with E-state index in [2.05, 4.69) is 23.9 Å². The average molecular weight is 305 g/mol. The van der Waals surface area contributed by atoms with Crippen molar-refractivity contribution < 1.29 is 14.1 Å². The number of hydrogen-bond acceptors (Lipinski definition) is 5. The van der Waals surface area contributed by atoms with Crippen molar-refractivity contribution in [1.82, 2.24) is 15.0 Å². The summed E-state index contributed by atoms with van der Waals surface area (Å²) in [7, 11) is 0. The van der Waals surface area contributed by atoms with Crippen LogP contribution in [0.5, 0.6) is 0 Å². The van der Waals surface area contributed by atoms with Crippen molar-refractivity contribution >= 4 is 5.91 Å². The van der Waals surface area contributed by atoms with E-state index in [1.807, 2.05) is 17.9 Å². The minimum atomic E-state index is -0.402. The molecule has 3 atom stereocenters. The van der Waals surface area contributed by atoms with Crippen LogP contribution in [0.15, 0.2) is 10.6 Å². The maximum atomic E-state index is 12.6. The number of carbonyl (C=O) groups is 1. The molecule has 0 aromatic carbocycles. The number of aromatic nitrogens is 1. The molecule has 0 aliphatic carbocycles. The van der Waals surface area contributed by atoms with Crippen molar-refractivity contribution in [3.05, 3.63) is 17.5 Å². The Kier molecular flexibility index (Phi) is 3.10. The zero-order chi connectivity index (χ0) is 15.5. The lowest BCUT2D eigenvalue weighted by Gasteiger charge is -2.34. The van der Waals surface area contributed by atoms with Gasteiger partial charge in [0.1, 0.15) is 0 Å². The van der Waals surface area contributed by atoms with Crippen LogP contribution in [0.1, 0.15) is 38.1 Å². The largest absolute Gasteiger partial charge is 0.360 e. The first-order valence-corrected chi connectivity index (χ1v) is 8.13. The van der Waals surface area contributed by atoms with E-state index in [1.165, 1.54) is 0 Å². The molecule has 1 aromatic heterocycles. The van der Waals surface area contributed by atoms with Crippen molar-refractivity contribution in [3.63, 3.8) is 0 Å². The van der Waals surface area contributed by atoms with E-state index in [0.717, 1.165) is 24.4 Å². The van der Waals surface area contributed by atoms with Gasteiger partial charge in [0, 0.05) is 25.5 Å². The molecule has 3 aliphatic rings. The van der Waals surface area contributed by atoms with Crippen molar-refractivity contribution in [1.29, 1.82) is 0 Å². The highest BCUT2D eigenvalue weighted by Crippen LogP contribution is 2.49. The summed E-state index contributed by atoms with van der Waals surface area (Å²) >= 11 is 0. The molecule has 120 valence electrons. The maximum Gasteiger partial charge on any atom is 0.226 e. The summed E-state index contributed by atoms with van der Waals surface area (Å²) < 4.78 is 11.6. The number of ether oxygens (including phenoxy) is 1. The van der Waals surface area contributed by atoms with Crippen LogP contribution in [0.2, 0.25) is 0 Å². The van der Waals surface area contributed by atoms with E-state index < -0.39 is 5.72 Å². The lowest BCUT2D eigenvalue weighted by molar-refractivity contribution is -0.139. The van der Waals surface area contributed by atoms with Gasteiger partial charge in [0.2, 0.25) is 5.91 Å². The fourth-order valence-electron chi connectivity index (χ4n) is 4.33. The molecule has 4 heterocycles. The van der Waals surface area contributed by atoms with Gasteiger partial charge in [0.15, 0.2) is 11.5 Å². The predicted molar refractivity (Wildman–Crippen MR) is 78.8 cm³/mol. The Morgan fingerprint density at radius 2 is 2.32 bits per heavy atom. The number of rotatable bonds is 3. The topological polar surface area (TPSA) is 58.8 Å². The minimum Gasteiger partial charge on any atom is -0.360 e. The highest BCUT2D eigenvalue weighted by atomic mass is 16.5. The fourth-order valence-corrected chi connectivity index (χ4v) is 4.33. The summed E-state index contributed by atoms with van der Waals surface area (Å²) in [6, 6.07) is 2.31. The predicted octanol–water partition coefficient (Wildman–Crippen LogP) is 1.54. The van der Waals surface area contributed by atoms with Crippen LogP contribution in [0.3, 0.4) is 0 Å². The zero-order valence-electron chi connectivity index (χ0n) is 13.4. The van der Waals surface area contributed by atoms with Gasteiger partial charge in [-0.25, -0.2) is 0 Å². The monoisotopic (exact) mass is 305 g/mol. The molecule has 0 saturated carbocycles. The van der Waals surface area contributed by atoms with Gasteiger partial charge in [-0.3, -0.25) is 9.69 Å². The molecule has 1 aromatic rings. The Labute approximate surface area is 130 Å². The third-order valence-electron chi connectivity index (χ3n) is 5.40. The first-order valence-electron chi connectivity index (χ1n) is 8.13. The second-order valence-electron chi connectivity index (χ2n) is 7.11. The summed E-state index contributed by atoms with van der Waals surface area (Å²) in [6.45, 7) is 8.54. The van der Waals surface area contributed by atoms with Gasteiger partial charge >= 0.3 is 0 Å². The second-order valence-corrected chi connectivity index (χ2v) is 7.11. The Morgan fingerprint density at radius 1 is 1.50 bits per heavy atom.